The molecule has 2 nitrogen and oxygen atoms in total. The van der Waals surface area contributed by atoms with Crippen molar-refractivity contribution in [3.63, 3.8) is 0 Å². The summed E-state index contributed by atoms with van der Waals surface area (Å²) in [6.07, 6.45) is 1.11. The van der Waals surface area contributed by atoms with Crippen molar-refractivity contribution in [3.8, 4) is 0 Å². The summed E-state index contributed by atoms with van der Waals surface area (Å²) in [5.74, 6) is 0.0914. The largest absolute Gasteiger partial charge is 0.298 e. The van der Waals surface area contributed by atoms with Gasteiger partial charge in [-0.05, 0) is 21.5 Å². The number of rotatable bonds is 4. The van der Waals surface area contributed by atoms with Crippen LogP contribution in [0.25, 0.3) is 0 Å². The lowest BCUT2D eigenvalue weighted by Gasteiger charge is -2.04. The van der Waals surface area contributed by atoms with Gasteiger partial charge in [0.1, 0.15) is 5.78 Å². The Bertz CT molecular complexity index is 361. The summed E-state index contributed by atoms with van der Waals surface area (Å²) in [5.41, 5.74) is 1.42. The van der Waals surface area contributed by atoms with Gasteiger partial charge in [0.15, 0.2) is 6.29 Å². The lowest BCUT2D eigenvalue weighted by molar-refractivity contribution is -0.115. The van der Waals surface area contributed by atoms with Crippen molar-refractivity contribution in [3.05, 3.63) is 33.8 Å². The van der Waals surface area contributed by atoms with Crippen LogP contribution in [0.5, 0.6) is 0 Å². The minimum atomic E-state index is 0.0914. The maximum absolute atomic E-state index is 11.2. The lowest BCUT2D eigenvalue weighted by atomic mass is 10.1. The Kier molecular flexibility index (Phi) is 4.48. The third-order valence-electron chi connectivity index (χ3n) is 1.77. The minimum absolute atomic E-state index is 0.0914. The predicted molar refractivity (Wildman–Crippen MR) is 62.0 cm³/mol. The molecule has 0 bridgehead atoms. The van der Waals surface area contributed by atoms with Crippen LogP contribution in [-0.2, 0) is 11.2 Å². The number of halogens is 2. The molecule has 0 spiro atoms. The van der Waals surface area contributed by atoms with Crippen LogP contribution >= 0.6 is 31.9 Å². The number of hydrogen-bond donors (Lipinski definition) is 0. The molecule has 0 saturated heterocycles. The maximum atomic E-state index is 11.2. The molecule has 0 unspecified atom stereocenters. The fraction of sp³-hybridized carbons (Fsp3) is 0.200. The Hall–Kier alpha value is -0.480. The standard InChI is InChI=1S/C10H8Br2O2/c11-5-9(14)4-7-2-1-3-8(6-13)10(7)12/h1-3,6H,4-5H2. The van der Waals surface area contributed by atoms with E-state index in [-0.39, 0.29) is 5.78 Å². The fourth-order valence-corrected chi connectivity index (χ4v) is 1.78. The molecular formula is C10H8Br2O2. The van der Waals surface area contributed by atoms with E-state index >= 15 is 0 Å². The molecule has 1 rings (SSSR count). The van der Waals surface area contributed by atoms with Crippen LogP contribution in [-0.4, -0.2) is 17.4 Å². The summed E-state index contributed by atoms with van der Waals surface area (Å²) in [6.45, 7) is 0. The molecule has 4 heteroatoms. The fourth-order valence-electron chi connectivity index (χ4n) is 1.09. The Morgan fingerprint density at radius 1 is 1.43 bits per heavy atom. The SMILES string of the molecule is O=Cc1cccc(CC(=O)CBr)c1Br. The van der Waals surface area contributed by atoms with Gasteiger partial charge in [-0.15, -0.1) is 0 Å². The second-order valence-corrected chi connectivity index (χ2v) is 4.14. The number of hydrogen-bond acceptors (Lipinski definition) is 2. The van der Waals surface area contributed by atoms with Gasteiger partial charge in [0, 0.05) is 16.5 Å². The second-order valence-electron chi connectivity index (χ2n) is 2.79. The molecule has 74 valence electrons. The molecule has 0 aliphatic heterocycles. The zero-order chi connectivity index (χ0) is 10.6. The third kappa shape index (κ3) is 2.75. The molecule has 0 amide bonds. The van der Waals surface area contributed by atoms with E-state index in [1.807, 2.05) is 6.07 Å². The topological polar surface area (TPSA) is 34.1 Å². The van der Waals surface area contributed by atoms with Crippen LogP contribution in [0.4, 0.5) is 0 Å². The Morgan fingerprint density at radius 2 is 2.14 bits per heavy atom. The maximum Gasteiger partial charge on any atom is 0.151 e. The van der Waals surface area contributed by atoms with E-state index in [4.69, 9.17) is 0 Å². The first-order valence-corrected chi connectivity index (χ1v) is 5.90. The monoisotopic (exact) mass is 318 g/mol. The zero-order valence-electron chi connectivity index (χ0n) is 7.30. The first-order chi connectivity index (χ1) is 6.69. The molecule has 0 aromatic heterocycles. The van der Waals surface area contributed by atoms with Crippen LogP contribution in [0.15, 0.2) is 22.7 Å². The highest BCUT2D eigenvalue weighted by Gasteiger charge is 2.08. The summed E-state index contributed by atoms with van der Waals surface area (Å²) in [4.78, 5) is 21.8. The summed E-state index contributed by atoms with van der Waals surface area (Å²) in [5, 5.41) is 0.338. The third-order valence-corrected chi connectivity index (χ3v) is 3.36. The van der Waals surface area contributed by atoms with E-state index in [2.05, 4.69) is 31.9 Å². The average molecular weight is 320 g/mol. The highest BCUT2D eigenvalue weighted by molar-refractivity contribution is 9.10. The van der Waals surface area contributed by atoms with Crippen LogP contribution in [0.3, 0.4) is 0 Å². The van der Waals surface area contributed by atoms with Crippen LogP contribution in [0, 0.1) is 0 Å². The van der Waals surface area contributed by atoms with Gasteiger partial charge >= 0.3 is 0 Å². The molecule has 0 aliphatic rings. The van der Waals surface area contributed by atoms with E-state index < -0.39 is 0 Å². The van der Waals surface area contributed by atoms with Crippen molar-refractivity contribution >= 4 is 43.9 Å². The summed E-state index contributed by atoms with van der Waals surface area (Å²) in [7, 11) is 0. The smallest absolute Gasteiger partial charge is 0.151 e. The Morgan fingerprint density at radius 3 is 2.71 bits per heavy atom. The minimum Gasteiger partial charge on any atom is -0.298 e. The number of Topliss-reactive ketones (excluding diaryl/α,β-unsaturated/α-hetero) is 1. The zero-order valence-corrected chi connectivity index (χ0v) is 10.5. The molecule has 1 aromatic rings. The van der Waals surface area contributed by atoms with Crippen molar-refractivity contribution in [1.29, 1.82) is 0 Å². The van der Waals surface area contributed by atoms with E-state index in [9.17, 15) is 9.59 Å². The molecular weight excluding hydrogens is 312 g/mol. The molecule has 14 heavy (non-hydrogen) atoms. The van der Waals surface area contributed by atoms with Gasteiger partial charge in [0.05, 0.1) is 5.33 Å². The molecule has 0 heterocycles. The van der Waals surface area contributed by atoms with E-state index in [1.165, 1.54) is 0 Å². The van der Waals surface area contributed by atoms with Crippen molar-refractivity contribution in [2.45, 2.75) is 6.42 Å². The Labute approximate surface area is 98.9 Å². The highest BCUT2D eigenvalue weighted by atomic mass is 79.9. The van der Waals surface area contributed by atoms with Crippen LogP contribution < -0.4 is 0 Å². The van der Waals surface area contributed by atoms with Gasteiger partial charge < -0.3 is 0 Å². The summed E-state index contributed by atoms with van der Waals surface area (Å²) < 4.78 is 0.712. The number of carbonyl (C=O) groups excluding carboxylic acids is 2. The number of aldehydes is 1. The first kappa shape index (κ1) is 11.6. The number of ketones is 1. The van der Waals surface area contributed by atoms with Crippen molar-refractivity contribution < 1.29 is 9.59 Å². The van der Waals surface area contributed by atoms with Gasteiger partial charge in [-0.2, -0.15) is 0 Å². The normalized spacial score (nSPS) is 9.86. The molecule has 1 aromatic carbocycles. The average Bonchev–Trinajstić information content (AvgIpc) is 2.21. The Balaban J connectivity index is 2.97. The number of alkyl halides is 1. The predicted octanol–water partition coefficient (Wildman–Crippen LogP) is 2.77. The molecule has 0 aliphatic carbocycles. The summed E-state index contributed by atoms with van der Waals surface area (Å²) >= 11 is 6.40. The molecule has 0 fully saturated rings. The highest BCUT2D eigenvalue weighted by Crippen LogP contribution is 2.21. The lowest BCUT2D eigenvalue weighted by Crippen LogP contribution is -2.04. The van der Waals surface area contributed by atoms with Gasteiger partial charge in [-0.1, -0.05) is 34.1 Å². The first-order valence-electron chi connectivity index (χ1n) is 3.99. The van der Waals surface area contributed by atoms with Crippen molar-refractivity contribution in [1.82, 2.24) is 0 Å². The van der Waals surface area contributed by atoms with Crippen LogP contribution in [0.2, 0.25) is 0 Å². The van der Waals surface area contributed by atoms with Gasteiger partial charge in [0.2, 0.25) is 0 Å². The van der Waals surface area contributed by atoms with Crippen molar-refractivity contribution in [2.24, 2.45) is 0 Å². The van der Waals surface area contributed by atoms with Crippen molar-refractivity contribution in [2.75, 3.05) is 5.33 Å². The summed E-state index contributed by atoms with van der Waals surface area (Å²) in [6, 6.07) is 5.31. The van der Waals surface area contributed by atoms with Gasteiger partial charge in [0.25, 0.3) is 0 Å². The second kappa shape index (κ2) is 5.41. The molecule has 0 atom stereocenters. The quantitative estimate of drug-likeness (QED) is 0.631. The molecule has 0 radical (unpaired) electrons. The molecule has 0 saturated carbocycles. The number of benzene rings is 1. The van der Waals surface area contributed by atoms with E-state index in [0.717, 1.165) is 11.8 Å². The number of carbonyl (C=O) groups is 2. The molecule has 0 N–H and O–H groups in total. The van der Waals surface area contributed by atoms with Gasteiger partial charge in [-0.3, -0.25) is 9.59 Å². The van der Waals surface area contributed by atoms with Crippen LogP contribution in [0.1, 0.15) is 15.9 Å². The van der Waals surface area contributed by atoms with Gasteiger partial charge in [-0.25, -0.2) is 0 Å². The van der Waals surface area contributed by atoms with E-state index in [1.54, 1.807) is 12.1 Å². The van der Waals surface area contributed by atoms with E-state index in [0.29, 0.717) is 21.8 Å².